The van der Waals surface area contributed by atoms with E-state index in [-0.39, 0.29) is 17.5 Å². The Bertz CT molecular complexity index is 556. The van der Waals surface area contributed by atoms with Crippen LogP contribution in [0.2, 0.25) is 0 Å². The highest BCUT2D eigenvalue weighted by molar-refractivity contribution is 5.94. The van der Waals surface area contributed by atoms with Crippen molar-refractivity contribution in [1.29, 1.82) is 0 Å². The van der Waals surface area contributed by atoms with Crippen molar-refractivity contribution in [2.45, 2.75) is 70.9 Å². The number of hydrogen-bond acceptors (Lipinski definition) is 1. The fraction of sp³-hybridized carbons (Fsp3) is 0.650. The van der Waals surface area contributed by atoms with Crippen LogP contribution in [-0.2, 0) is 11.0 Å². The molecular weight excluding hydrogens is 327 g/mol. The van der Waals surface area contributed by atoms with Gasteiger partial charge in [-0.15, -0.1) is 0 Å². The maximum atomic E-state index is 12.7. The van der Waals surface area contributed by atoms with Gasteiger partial charge in [-0.2, -0.15) is 13.2 Å². The van der Waals surface area contributed by atoms with Gasteiger partial charge < -0.3 is 5.32 Å². The summed E-state index contributed by atoms with van der Waals surface area (Å²) in [4.78, 5) is 12.2. The first-order chi connectivity index (χ1) is 11.9. The average molecular weight is 355 g/mol. The summed E-state index contributed by atoms with van der Waals surface area (Å²) in [6, 6.07) is 4.82. The van der Waals surface area contributed by atoms with Crippen LogP contribution in [0.15, 0.2) is 24.3 Å². The van der Waals surface area contributed by atoms with Crippen molar-refractivity contribution in [1.82, 2.24) is 0 Å². The minimum absolute atomic E-state index is 0.0327. The molecule has 0 radical (unpaired) electrons. The predicted octanol–water partition coefficient (Wildman–Crippen LogP) is 6.42. The van der Waals surface area contributed by atoms with Gasteiger partial charge in [0.15, 0.2) is 0 Å². The molecule has 1 fully saturated rings. The number of hydrogen-bond donors (Lipinski definition) is 1. The zero-order valence-electron chi connectivity index (χ0n) is 14.9. The van der Waals surface area contributed by atoms with E-state index in [0.29, 0.717) is 5.92 Å². The number of anilines is 1. The van der Waals surface area contributed by atoms with Crippen LogP contribution in [0.3, 0.4) is 0 Å². The SMILES string of the molecule is CCCCCCCCCC1CC1C(=O)Nc1cccc(C(F)(F)F)c1. The molecule has 0 aromatic heterocycles. The van der Waals surface area contributed by atoms with Crippen LogP contribution in [0.1, 0.15) is 70.3 Å². The molecule has 1 N–H and O–H groups in total. The van der Waals surface area contributed by atoms with Crippen LogP contribution in [0.25, 0.3) is 0 Å². The van der Waals surface area contributed by atoms with E-state index in [1.54, 1.807) is 0 Å². The Balaban J connectivity index is 1.66. The lowest BCUT2D eigenvalue weighted by atomic mass is 10.1. The summed E-state index contributed by atoms with van der Waals surface area (Å²) in [7, 11) is 0. The molecule has 0 saturated heterocycles. The van der Waals surface area contributed by atoms with E-state index in [2.05, 4.69) is 12.2 Å². The van der Waals surface area contributed by atoms with Crippen LogP contribution in [0.4, 0.5) is 18.9 Å². The maximum Gasteiger partial charge on any atom is 0.416 e. The smallest absolute Gasteiger partial charge is 0.326 e. The largest absolute Gasteiger partial charge is 0.416 e. The van der Waals surface area contributed by atoms with Crippen LogP contribution < -0.4 is 5.32 Å². The zero-order valence-corrected chi connectivity index (χ0v) is 14.9. The third-order valence-electron chi connectivity index (χ3n) is 4.90. The van der Waals surface area contributed by atoms with E-state index in [4.69, 9.17) is 0 Å². The van der Waals surface area contributed by atoms with Crippen LogP contribution in [0, 0.1) is 11.8 Å². The monoisotopic (exact) mass is 355 g/mol. The molecule has 0 heterocycles. The second-order valence-electron chi connectivity index (χ2n) is 7.08. The number of carbonyl (C=O) groups is 1. The second kappa shape index (κ2) is 9.25. The minimum atomic E-state index is -4.39. The Morgan fingerprint density at radius 2 is 1.80 bits per heavy atom. The third-order valence-corrected chi connectivity index (χ3v) is 4.90. The summed E-state index contributed by atoms with van der Waals surface area (Å²) in [6.45, 7) is 2.21. The molecule has 0 bridgehead atoms. The molecule has 0 aliphatic heterocycles. The summed E-state index contributed by atoms with van der Waals surface area (Å²) < 4.78 is 38.1. The van der Waals surface area contributed by atoms with E-state index in [9.17, 15) is 18.0 Å². The summed E-state index contributed by atoms with van der Waals surface area (Å²) in [5.41, 5.74) is -0.512. The van der Waals surface area contributed by atoms with Crippen molar-refractivity contribution in [3.8, 4) is 0 Å². The summed E-state index contributed by atoms with van der Waals surface area (Å²) in [5, 5.41) is 2.63. The van der Waals surface area contributed by atoms with E-state index >= 15 is 0 Å². The zero-order chi connectivity index (χ0) is 18.3. The number of carbonyl (C=O) groups excluding carboxylic acids is 1. The number of nitrogens with one attached hydrogen (secondary N) is 1. The first-order valence-electron chi connectivity index (χ1n) is 9.40. The van der Waals surface area contributed by atoms with Gasteiger partial charge in [-0.1, -0.05) is 57.9 Å². The van der Waals surface area contributed by atoms with E-state index in [1.165, 1.54) is 50.7 Å². The first kappa shape index (κ1) is 19.8. The van der Waals surface area contributed by atoms with Crippen molar-refractivity contribution in [2.75, 3.05) is 5.32 Å². The molecule has 1 aromatic rings. The molecule has 2 unspecified atom stereocenters. The lowest BCUT2D eigenvalue weighted by Gasteiger charge is -2.10. The number of rotatable bonds is 10. The van der Waals surface area contributed by atoms with Gasteiger partial charge in [0.05, 0.1) is 5.56 Å². The highest BCUT2D eigenvalue weighted by Crippen LogP contribution is 2.43. The molecule has 1 aliphatic carbocycles. The van der Waals surface area contributed by atoms with Crippen molar-refractivity contribution in [2.24, 2.45) is 11.8 Å². The Kier molecular flexibility index (Phi) is 7.33. The Hall–Kier alpha value is -1.52. The van der Waals surface area contributed by atoms with E-state index in [0.717, 1.165) is 31.4 Å². The van der Waals surface area contributed by atoms with Gasteiger partial charge in [0.2, 0.25) is 5.91 Å². The first-order valence-corrected chi connectivity index (χ1v) is 9.40. The van der Waals surface area contributed by atoms with Crippen molar-refractivity contribution < 1.29 is 18.0 Å². The van der Waals surface area contributed by atoms with Gasteiger partial charge in [0, 0.05) is 11.6 Å². The maximum absolute atomic E-state index is 12.7. The van der Waals surface area contributed by atoms with Gasteiger partial charge >= 0.3 is 6.18 Å². The van der Waals surface area contributed by atoms with Crippen molar-refractivity contribution in [3.05, 3.63) is 29.8 Å². The molecule has 0 spiro atoms. The van der Waals surface area contributed by atoms with Gasteiger partial charge in [0.25, 0.3) is 0 Å². The van der Waals surface area contributed by atoms with Gasteiger partial charge in [-0.3, -0.25) is 4.79 Å². The second-order valence-corrected chi connectivity index (χ2v) is 7.08. The molecule has 140 valence electrons. The lowest BCUT2D eigenvalue weighted by molar-refractivity contribution is -0.137. The Morgan fingerprint density at radius 3 is 2.48 bits per heavy atom. The minimum Gasteiger partial charge on any atom is -0.326 e. The summed E-state index contributed by atoms with van der Waals surface area (Å²) >= 11 is 0. The van der Waals surface area contributed by atoms with E-state index < -0.39 is 11.7 Å². The Morgan fingerprint density at radius 1 is 1.12 bits per heavy atom. The molecular formula is C20H28F3NO. The summed E-state index contributed by atoms with van der Waals surface area (Å²) in [6.07, 6.45) is 6.29. The molecule has 1 aromatic carbocycles. The number of benzene rings is 1. The number of amides is 1. The van der Waals surface area contributed by atoms with Crippen molar-refractivity contribution in [3.63, 3.8) is 0 Å². The van der Waals surface area contributed by atoms with Crippen LogP contribution in [-0.4, -0.2) is 5.91 Å². The van der Waals surface area contributed by atoms with Crippen LogP contribution >= 0.6 is 0 Å². The highest BCUT2D eigenvalue weighted by Gasteiger charge is 2.42. The van der Waals surface area contributed by atoms with Crippen LogP contribution in [0.5, 0.6) is 0 Å². The Labute approximate surface area is 148 Å². The molecule has 2 atom stereocenters. The number of unbranched alkanes of at least 4 members (excludes halogenated alkanes) is 6. The standard InChI is InChI=1S/C20H28F3NO/c1-2-3-4-5-6-7-8-10-15-13-18(15)19(25)24-17-12-9-11-16(14-17)20(21,22)23/h9,11-12,14-15,18H,2-8,10,13H2,1H3,(H,24,25). The third kappa shape index (κ3) is 6.71. The highest BCUT2D eigenvalue weighted by atomic mass is 19.4. The van der Waals surface area contributed by atoms with E-state index in [1.807, 2.05) is 0 Å². The fourth-order valence-corrected chi connectivity index (χ4v) is 3.26. The van der Waals surface area contributed by atoms with Gasteiger partial charge in [-0.25, -0.2) is 0 Å². The lowest BCUT2D eigenvalue weighted by Crippen LogP contribution is -2.15. The fourth-order valence-electron chi connectivity index (χ4n) is 3.26. The molecule has 1 aliphatic rings. The molecule has 2 nitrogen and oxygen atoms in total. The molecule has 5 heteroatoms. The predicted molar refractivity (Wildman–Crippen MR) is 94.3 cm³/mol. The molecule has 2 rings (SSSR count). The van der Waals surface area contributed by atoms with Crippen molar-refractivity contribution >= 4 is 11.6 Å². The molecule has 25 heavy (non-hydrogen) atoms. The van der Waals surface area contributed by atoms with Gasteiger partial charge in [-0.05, 0) is 37.0 Å². The molecule has 1 saturated carbocycles. The molecule has 1 amide bonds. The summed E-state index contributed by atoms with van der Waals surface area (Å²) in [5.74, 6) is 0.225. The quantitative estimate of drug-likeness (QED) is 0.482. The number of alkyl halides is 3. The topological polar surface area (TPSA) is 29.1 Å². The normalized spacial score (nSPS) is 19.7. The number of halogens is 3. The van der Waals surface area contributed by atoms with Gasteiger partial charge in [0.1, 0.15) is 0 Å². The average Bonchev–Trinajstić information content (AvgIpc) is 3.33.